The first-order valence-corrected chi connectivity index (χ1v) is 9.14. The zero-order valence-electron chi connectivity index (χ0n) is 15.8. The van der Waals surface area contributed by atoms with Crippen LogP contribution in [-0.4, -0.2) is 39.5 Å². The van der Waals surface area contributed by atoms with Crippen LogP contribution in [0.25, 0.3) is 0 Å². The third kappa shape index (κ3) is 5.23. The third-order valence-corrected chi connectivity index (χ3v) is 4.50. The van der Waals surface area contributed by atoms with Gasteiger partial charge in [-0.25, -0.2) is 9.97 Å². The molecule has 0 aromatic carbocycles. The number of anilines is 2. The van der Waals surface area contributed by atoms with Crippen LogP contribution in [0.3, 0.4) is 0 Å². The van der Waals surface area contributed by atoms with Crippen molar-refractivity contribution in [3.8, 4) is 0 Å². The van der Waals surface area contributed by atoms with Gasteiger partial charge in [-0.05, 0) is 56.5 Å². The van der Waals surface area contributed by atoms with Crippen molar-refractivity contribution in [1.82, 2.24) is 19.9 Å². The van der Waals surface area contributed by atoms with Gasteiger partial charge in [0.05, 0.1) is 0 Å². The molecule has 3 heterocycles. The quantitative estimate of drug-likeness (QED) is 0.907. The molecule has 5 nitrogen and oxygen atoms in total. The average molecular weight is 339 g/mol. The Hall–Kier alpha value is -2.01. The zero-order valence-corrected chi connectivity index (χ0v) is 15.8. The second-order valence-corrected chi connectivity index (χ2v) is 8.23. The van der Waals surface area contributed by atoms with Crippen molar-refractivity contribution in [1.29, 1.82) is 0 Å². The van der Waals surface area contributed by atoms with Gasteiger partial charge in [0.15, 0.2) is 0 Å². The lowest BCUT2D eigenvalue weighted by Crippen LogP contribution is -2.38. The standard InChI is InChI=1S/C20H29N5/c1-15-12-17(24-19-21-8-5-9-22-19)13-18(23-15)16-6-10-25(11-7-16)14-20(2,3)4/h5,8-9,12-13,16H,6-7,10-11,14H2,1-4H3,(H,21,22,23,24). The lowest BCUT2D eigenvalue weighted by molar-refractivity contribution is 0.153. The van der Waals surface area contributed by atoms with Crippen LogP contribution < -0.4 is 5.32 Å². The Morgan fingerprint density at radius 3 is 2.44 bits per heavy atom. The van der Waals surface area contributed by atoms with Crippen LogP contribution in [0.5, 0.6) is 0 Å². The number of rotatable bonds is 4. The number of nitrogens with zero attached hydrogens (tertiary/aromatic N) is 4. The van der Waals surface area contributed by atoms with E-state index in [0.29, 0.717) is 17.3 Å². The van der Waals surface area contributed by atoms with E-state index >= 15 is 0 Å². The van der Waals surface area contributed by atoms with E-state index in [1.807, 2.05) is 6.07 Å². The molecule has 0 bridgehead atoms. The van der Waals surface area contributed by atoms with Crippen LogP contribution in [-0.2, 0) is 0 Å². The molecule has 1 aliphatic rings. The number of aryl methyl sites for hydroxylation is 1. The molecule has 0 saturated carbocycles. The topological polar surface area (TPSA) is 53.9 Å². The lowest BCUT2D eigenvalue weighted by atomic mass is 9.90. The molecule has 1 saturated heterocycles. The Kier molecular flexibility index (Phi) is 5.33. The van der Waals surface area contributed by atoms with E-state index in [0.717, 1.165) is 24.5 Å². The van der Waals surface area contributed by atoms with E-state index in [1.165, 1.54) is 25.1 Å². The molecule has 2 aromatic rings. The van der Waals surface area contributed by atoms with Gasteiger partial charge in [0.25, 0.3) is 0 Å². The Labute approximate surface area is 150 Å². The van der Waals surface area contributed by atoms with Crippen molar-refractivity contribution < 1.29 is 0 Å². The van der Waals surface area contributed by atoms with Crippen LogP contribution in [0.15, 0.2) is 30.6 Å². The van der Waals surface area contributed by atoms with Gasteiger partial charge in [0.1, 0.15) is 0 Å². The van der Waals surface area contributed by atoms with E-state index in [1.54, 1.807) is 12.4 Å². The average Bonchev–Trinajstić information content (AvgIpc) is 2.54. The van der Waals surface area contributed by atoms with Crippen molar-refractivity contribution in [2.75, 3.05) is 25.0 Å². The molecular weight excluding hydrogens is 310 g/mol. The summed E-state index contributed by atoms with van der Waals surface area (Å²) in [5, 5.41) is 3.29. The van der Waals surface area contributed by atoms with Gasteiger partial charge in [-0.3, -0.25) is 4.98 Å². The highest BCUT2D eigenvalue weighted by Gasteiger charge is 2.24. The van der Waals surface area contributed by atoms with E-state index < -0.39 is 0 Å². The smallest absolute Gasteiger partial charge is 0.227 e. The molecule has 0 spiro atoms. The largest absolute Gasteiger partial charge is 0.324 e. The highest BCUT2D eigenvalue weighted by Crippen LogP contribution is 2.30. The molecule has 1 fully saturated rings. The molecular formula is C20H29N5. The third-order valence-electron chi connectivity index (χ3n) is 4.50. The fourth-order valence-corrected chi connectivity index (χ4v) is 3.53. The fraction of sp³-hybridized carbons (Fsp3) is 0.550. The van der Waals surface area contributed by atoms with Crippen molar-refractivity contribution >= 4 is 11.6 Å². The second-order valence-electron chi connectivity index (χ2n) is 8.23. The molecule has 0 radical (unpaired) electrons. The molecule has 25 heavy (non-hydrogen) atoms. The number of nitrogens with one attached hydrogen (secondary N) is 1. The van der Waals surface area contributed by atoms with Gasteiger partial charge in [-0.2, -0.15) is 0 Å². The highest BCUT2D eigenvalue weighted by molar-refractivity contribution is 5.54. The van der Waals surface area contributed by atoms with Gasteiger partial charge in [0.2, 0.25) is 5.95 Å². The maximum atomic E-state index is 4.80. The summed E-state index contributed by atoms with van der Waals surface area (Å²) in [6.45, 7) is 12.5. The monoisotopic (exact) mass is 339 g/mol. The molecule has 1 N–H and O–H groups in total. The number of pyridine rings is 1. The minimum Gasteiger partial charge on any atom is -0.324 e. The predicted octanol–water partition coefficient (Wildman–Crippen LogP) is 4.15. The molecule has 0 aliphatic carbocycles. The lowest BCUT2D eigenvalue weighted by Gasteiger charge is -2.35. The van der Waals surface area contributed by atoms with Gasteiger partial charge >= 0.3 is 0 Å². The molecule has 134 valence electrons. The summed E-state index contributed by atoms with van der Waals surface area (Å²) >= 11 is 0. The molecule has 0 unspecified atom stereocenters. The number of hydrogen-bond acceptors (Lipinski definition) is 5. The molecule has 0 amide bonds. The molecule has 5 heteroatoms. The molecule has 3 rings (SSSR count). The summed E-state index contributed by atoms with van der Waals surface area (Å²) in [5.41, 5.74) is 3.61. The van der Waals surface area contributed by atoms with Gasteiger partial charge < -0.3 is 10.2 Å². The van der Waals surface area contributed by atoms with Crippen molar-refractivity contribution in [3.63, 3.8) is 0 Å². The van der Waals surface area contributed by atoms with Crippen LogP contribution in [0.2, 0.25) is 0 Å². The van der Waals surface area contributed by atoms with Crippen LogP contribution in [0.1, 0.15) is 50.9 Å². The maximum Gasteiger partial charge on any atom is 0.227 e. The summed E-state index contributed by atoms with van der Waals surface area (Å²) in [4.78, 5) is 15.9. The molecule has 1 aliphatic heterocycles. The van der Waals surface area contributed by atoms with E-state index in [9.17, 15) is 0 Å². The van der Waals surface area contributed by atoms with E-state index in [4.69, 9.17) is 4.98 Å². The first-order valence-electron chi connectivity index (χ1n) is 9.14. The van der Waals surface area contributed by atoms with Gasteiger partial charge in [-0.1, -0.05) is 20.8 Å². The van der Waals surface area contributed by atoms with E-state index in [2.05, 4.69) is 60.0 Å². The minimum absolute atomic E-state index is 0.362. The zero-order chi connectivity index (χ0) is 17.9. The molecule has 0 atom stereocenters. The highest BCUT2D eigenvalue weighted by atomic mass is 15.1. The van der Waals surface area contributed by atoms with Crippen LogP contribution in [0, 0.1) is 12.3 Å². The SMILES string of the molecule is Cc1cc(Nc2ncccn2)cc(C2CCN(CC(C)(C)C)CC2)n1. The van der Waals surface area contributed by atoms with Gasteiger partial charge in [-0.15, -0.1) is 0 Å². The first kappa shape index (κ1) is 17.8. The number of piperidine rings is 1. The Morgan fingerprint density at radius 2 is 1.80 bits per heavy atom. The van der Waals surface area contributed by atoms with Crippen molar-refractivity contribution in [2.24, 2.45) is 5.41 Å². The number of hydrogen-bond donors (Lipinski definition) is 1. The van der Waals surface area contributed by atoms with Crippen molar-refractivity contribution in [2.45, 2.75) is 46.5 Å². The summed E-state index contributed by atoms with van der Waals surface area (Å²) in [6.07, 6.45) is 5.84. The fourth-order valence-electron chi connectivity index (χ4n) is 3.53. The summed E-state index contributed by atoms with van der Waals surface area (Å²) in [6, 6.07) is 6.03. The van der Waals surface area contributed by atoms with Crippen LogP contribution in [0.4, 0.5) is 11.6 Å². The maximum absolute atomic E-state index is 4.80. The number of likely N-dealkylation sites (tertiary alicyclic amines) is 1. The summed E-state index contributed by atoms with van der Waals surface area (Å²) in [7, 11) is 0. The van der Waals surface area contributed by atoms with Gasteiger partial charge in [0, 0.05) is 41.9 Å². The van der Waals surface area contributed by atoms with Crippen molar-refractivity contribution in [3.05, 3.63) is 42.0 Å². The Balaban J connectivity index is 1.67. The van der Waals surface area contributed by atoms with E-state index in [-0.39, 0.29) is 0 Å². The predicted molar refractivity (Wildman–Crippen MR) is 102 cm³/mol. The molecule has 2 aromatic heterocycles. The Bertz CT molecular complexity index is 685. The van der Waals surface area contributed by atoms with Crippen LogP contribution >= 0.6 is 0 Å². The summed E-state index contributed by atoms with van der Waals surface area (Å²) in [5.74, 6) is 1.16. The first-order chi connectivity index (χ1) is 11.9. The summed E-state index contributed by atoms with van der Waals surface area (Å²) < 4.78 is 0. The Morgan fingerprint density at radius 1 is 1.12 bits per heavy atom. The number of aromatic nitrogens is 3. The minimum atomic E-state index is 0.362. The normalized spacial score (nSPS) is 16.8. The second kappa shape index (κ2) is 7.48.